The predicted octanol–water partition coefficient (Wildman–Crippen LogP) is 3.56. The highest BCUT2D eigenvalue weighted by molar-refractivity contribution is 6.03. The topological polar surface area (TPSA) is 119 Å². The average Bonchev–Trinajstić information content (AvgIpc) is 3.39. The number of fused-ring (bicyclic) bond motifs is 2. The maximum Gasteiger partial charge on any atom is 0.338 e. The Balaban J connectivity index is 1.56. The van der Waals surface area contributed by atoms with Crippen LogP contribution < -0.4 is 11.1 Å². The number of allylic oxidation sites excluding steroid dienone is 1. The second kappa shape index (κ2) is 7.00. The van der Waals surface area contributed by atoms with Gasteiger partial charge in [-0.15, -0.1) is 0 Å². The molecule has 8 nitrogen and oxygen atoms in total. The van der Waals surface area contributed by atoms with Crippen molar-refractivity contribution in [3.05, 3.63) is 71.0 Å². The fourth-order valence-corrected chi connectivity index (χ4v) is 3.81. The van der Waals surface area contributed by atoms with Crippen molar-refractivity contribution >= 4 is 46.0 Å². The minimum atomic E-state index is -0.329. The molecule has 0 saturated heterocycles. The fourth-order valence-electron chi connectivity index (χ4n) is 3.81. The molecule has 2 heterocycles. The summed E-state index contributed by atoms with van der Waals surface area (Å²) >= 11 is 0. The van der Waals surface area contributed by atoms with Crippen LogP contribution in [-0.2, 0) is 11.2 Å². The number of nitrogen functional groups attached to an aromatic ring is 1. The summed E-state index contributed by atoms with van der Waals surface area (Å²) in [7, 11) is 1.40. The number of nitrogens with zero attached hydrogens (tertiary/aromatic N) is 3. The summed E-state index contributed by atoms with van der Waals surface area (Å²) < 4.78 is 4.94. The monoisotopic (exact) mass is 398 g/mol. The molecule has 0 radical (unpaired) electrons. The third-order valence-corrected chi connectivity index (χ3v) is 5.16. The summed E-state index contributed by atoms with van der Waals surface area (Å²) in [6.07, 6.45) is 6.11. The van der Waals surface area contributed by atoms with Crippen molar-refractivity contribution in [2.24, 2.45) is 0 Å². The van der Waals surface area contributed by atoms with Crippen LogP contribution in [0.2, 0.25) is 0 Å². The quantitative estimate of drug-likeness (QED) is 0.450. The van der Waals surface area contributed by atoms with Crippen LogP contribution in [0, 0.1) is 0 Å². The Bertz CT molecular complexity index is 1320. The second-order valence-electron chi connectivity index (χ2n) is 6.99. The van der Waals surface area contributed by atoms with Crippen LogP contribution in [0.3, 0.4) is 0 Å². The zero-order chi connectivity index (χ0) is 20.7. The molecule has 2 aromatic heterocycles. The van der Waals surface area contributed by atoms with Gasteiger partial charge in [0, 0.05) is 22.8 Å². The van der Waals surface area contributed by atoms with Crippen molar-refractivity contribution in [2.75, 3.05) is 18.2 Å². The lowest BCUT2D eigenvalue weighted by molar-refractivity contribution is 0.0599. The van der Waals surface area contributed by atoms with Crippen LogP contribution in [-0.4, -0.2) is 33.2 Å². The number of methoxy groups -OCH3 is 1. The van der Waals surface area contributed by atoms with E-state index in [2.05, 4.69) is 31.6 Å². The molecule has 1 aliphatic carbocycles. The number of anilines is 3. The van der Waals surface area contributed by atoms with Gasteiger partial charge in [0.25, 0.3) is 0 Å². The Morgan fingerprint density at radius 2 is 2.17 bits per heavy atom. The molecule has 8 heteroatoms. The highest BCUT2D eigenvalue weighted by Crippen LogP contribution is 2.38. The van der Waals surface area contributed by atoms with Gasteiger partial charge in [0.1, 0.15) is 5.82 Å². The molecule has 148 valence electrons. The standard InChI is InChI=1S/C22H18N6O2/c1-30-21(29)16-4-2-3-12-7-13(9-17(12)16)18-10-15(8-14-11-25-28-20(14)18)26-19-5-6-24-22(23)27-19/h2-8,10-11H,9H2,1H3,(H,25,28)(H3,23,24,26,27). The summed E-state index contributed by atoms with van der Waals surface area (Å²) in [4.78, 5) is 20.3. The third-order valence-electron chi connectivity index (χ3n) is 5.16. The fraction of sp³-hybridized carbons (Fsp3) is 0.0909. The number of ether oxygens (including phenoxy) is 1. The molecule has 1 aliphatic rings. The maximum atomic E-state index is 12.2. The number of hydrogen-bond donors (Lipinski definition) is 3. The lowest BCUT2D eigenvalue weighted by Gasteiger charge is -2.11. The normalized spacial score (nSPS) is 12.5. The summed E-state index contributed by atoms with van der Waals surface area (Å²) in [5.41, 5.74) is 12.1. The minimum Gasteiger partial charge on any atom is -0.465 e. The minimum absolute atomic E-state index is 0.203. The van der Waals surface area contributed by atoms with E-state index in [1.54, 1.807) is 24.5 Å². The summed E-state index contributed by atoms with van der Waals surface area (Å²) in [5.74, 6) is 0.479. The van der Waals surface area contributed by atoms with Gasteiger partial charge in [0.2, 0.25) is 5.95 Å². The number of nitrogens with two attached hydrogens (primary N) is 1. The molecule has 0 aliphatic heterocycles. The molecule has 0 bridgehead atoms. The Kier molecular flexibility index (Phi) is 4.17. The molecule has 0 fully saturated rings. The van der Waals surface area contributed by atoms with Crippen LogP contribution in [0.5, 0.6) is 0 Å². The third kappa shape index (κ3) is 3.04. The number of carbonyl (C=O) groups excluding carboxylic acids is 1. The highest BCUT2D eigenvalue weighted by atomic mass is 16.5. The van der Waals surface area contributed by atoms with Gasteiger partial charge in [-0.3, -0.25) is 5.10 Å². The number of aromatic amines is 1. The first kappa shape index (κ1) is 17.9. The molecule has 0 unspecified atom stereocenters. The van der Waals surface area contributed by atoms with E-state index in [0.29, 0.717) is 17.8 Å². The van der Waals surface area contributed by atoms with Crippen LogP contribution in [0.15, 0.2) is 48.8 Å². The van der Waals surface area contributed by atoms with Gasteiger partial charge < -0.3 is 15.8 Å². The number of esters is 1. The van der Waals surface area contributed by atoms with Crippen molar-refractivity contribution in [2.45, 2.75) is 6.42 Å². The SMILES string of the molecule is COC(=O)c1cccc2c1CC(c1cc(Nc3ccnc(N)n3)cc3cn[nH]c13)=C2. The summed E-state index contributed by atoms with van der Waals surface area (Å²) in [5, 5.41) is 11.5. The number of aromatic nitrogens is 4. The molecule has 30 heavy (non-hydrogen) atoms. The molecule has 2 aromatic carbocycles. The van der Waals surface area contributed by atoms with Gasteiger partial charge in [0.15, 0.2) is 0 Å². The summed E-state index contributed by atoms with van der Waals surface area (Å²) in [6.45, 7) is 0. The van der Waals surface area contributed by atoms with Crippen molar-refractivity contribution in [1.82, 2.24) is 20.2 Å². The van der Waals surface area contributed by atoms with Gasteiger partial charge in [-0.25, -0.2) is 9.78 Å². The van der Waals surface area contributed by atoms with Gasteiger partial charge in [0.05, 0.1) is 24.4 Å². The van der Waals surface area contributed by atoms with Gasteiger partial charge in [-0.2, -0.15) is 10.1 Å². The van der Waals surface area contributed by atoms with Crippen molar-refractivity contribution in [3.63, 3.8) is 0 Å². The summed E-state index contributed by atoms with van der Waals surface area (Å²) in [6, 6.07) is 11.4. The van der Waals surface area contributed by atoms with Gasteiger partial charge in [-0.1, -0.05) is 18.2 Å². The molecule has 5 rings (SSSR count). The maximum absolute atomic E-state index is 12.2. The van der Waals surface area contributed by atoms with E-state index in [0.717, 1.165) is 38.9 Å². The Hall–Kier alpha value is -4.20. The van der Waals surface area contributed by atoms with Crippen molar-refractivity contribution in [3.8, 4) is 0 Å². The molecule has 0 atom stereocenters. The predicted molar refractivity (Wildman–Crippen MR) is 115 cm³/mol. The smallest absolute Gasteiger partial charge is 0.338 e. The molecule has 0 saturated carbocycles. The zero-order valence-electron chi connectivity index (χ0n) is 16.1. The zero-order valence-corrected chi connectivity index (χ0v) is 16.1. The average molecular weight is 398 g/mol. The molecule has 4 aromatic rings. The van der Waals surface area contributed by atoms with E-state index >= 15 is 0 Å². The molecular weight excluding hydrogens is 380 g/mol. The molecule has 0 spiro atoms. The van der Waals surface area contributed by atoms with E-state index in [4.69, 9.17) is 10.5 Å². The van der Waals surface area contributed by atoms with E-state index < -0.39 is 0 Å². The van der Waals surface area contributed by atoms with Crippen molar-refractivity contribution < 1.29 is 9.53 Å². The molecular formula is C22H18N6O2. The number of nitrogens with one attached hydrogen (secondary N) is 2. The van der Waals surface area contributed by atoms with E-state index in [1.807, 2.05) is 24.3 Å². The number of carbonyl (C=O) groups is 1. The Morgan fingerprint density at radius 3 is 3.00 bits per heavy atom. The van der Waals surface area contributed by atoms with Crippen LogP contribution >= 0.6 is 0 Å². The van der Waals surface area contributed by atoms with Crippen LogP contribution in [0.4, 0.5) is 17.5 Å². The second-order valence-corrected chi connectivity index (χ2v) is 6.99. The number of rotatable bonds is 4. The largest absolute Gasteiger partial charge is 0.465 e. The Labute approximate surface area is 171 Å². The van der Waals surface area contributed by atoms with Gasteiger partial charge >= 0.3 is 5.97 Å². The molecule has 0 amide bonds. The molecule has 4 N–H and O–H groups in total. The first-order chi connectivity index (χ1) is 14.6. The van der Waals surface area contributed by atoms with E-state index in [9.17, 15) is 4.79 Å². The lowest BCUT2D eigenvalue weighted by atomic mass is 9.98. The van der Waals surface area contributed by atoms with Crippen LogP contribution in [0.25, 0.3) is 22.6 Å². The lowest BCUT2D eigenvalue weighted by Crippen LogP contribution is -2.05. The first-order valence-electron chi connectivity index (χ1n) is 9.36. The van der Waals surface area contributed by atoms with Gasteiger partial charge in [-0.05, 0) is 47.4 Å². The van der Waals surface area contributed by atoms with E-state index in [-0.39, 0.29) is 11.9 Å². The van der Waals surface area contributed by atoms with Crippen LogP contribution in [0.1, 0.15) is 27.0 Å². The number of benzene rings is 2. The highest BCUT2D eigenvalue weighted by Gasteiger charge is 2.23. The first-order valence-corrected chi connectivity index (χ1v) is 9.36. The number of hydrogen-bond acceptors (Lipinski definition) is 7. The Morgan fingerprint density at radius 1 is 1.27 bits per heavy atom. The number of H-pyrrole nitrogens is 1. The van der Waals surface area contributed by atoms with E-state index in [1.165, 1.54) is 7.11 Å². The van der Waals surface area contributed by atoms with Crippen molar-refractivity contribution in [1.29, 1.82) is 0 Å².